The molecule has 4 aromatic rings. The van der Waals surface area contributed by atoms with E-state index in [1.165, 1.54) is 5.56 Å². The highest BCUT2D eigenvalue weighted by Crippen LogP contribution is 2.34. The number of rotatable bonds is 8. The summed E-state index contributed by atoms with van der Waals surface area (Å²) in [6.45, 7) is 13.1. The number of nitrogens with one attached hydrogen (secondary N) is 1. The zero-order valence-corrected chi connectivity index (χ0v) is 25.0. The molecule has 1 N–H and O–H groups in total. The first-order chi connectivity index (χ1) is 20.3. The van der Waals surface area contributed by atoms with Gasteiger partial charge < -0.3 is 10.2 Å². The molecular formula is C36H39N5O. The van der Waals surface area contributed by atoms with Gasteiger partial charge in [0.2, 0.25) is 0 Å². The van der Waals surface area contributed by atoms with E-state index in [-0.39, 0.29) is 11.8 Å². The van der Waals surface area contributed by atoms with Crippen molar-refractivity contribution in [3.05, 3.63) is 113 Å². The van der Waals surface area contributed by atoms with Gasteiger partial charge >= 0.3 is 0 Å². The number of hydrogen-bond donors (Lipinski definition) is 1. The monoisotopic (exact) mass is 557 g/mol. The number of carbonyl (C=O) groups excluding carboxylic acids is 1. The lowest BCUT2D eigenvalue weighted by atomic mass is 9.87. The molecule has 1 aliphatic rings. The fraction of sp³-hybridized carbons (Fsp3) is 0.306. The number of nitrogens with zero attached hydrogens (tertiary/aromatic N) is 4. The molecule has 214 valence electrons. The van der Waals surface area contributed by atoms with Crippen molar-refractivity contribution < 1.29 is 4.79 Å². The summed E-state index contributed by atoms with van der Waals surface area (Å²) < 4.78 is 0. The van der Waals surface area contributed by atoms with Gasteiger partial charge in [0.1, 0.15) is 5.82 Å². The van der Waals surface area contributed by atoms with E-state index in [2.05, 4.69) is 90.3 Å². The van der Waals surface area contributed by atoms with Gasteiger partial charge in [0.05, 0.1) is 23.5 Å². The number of anilines is 2. The lowest BCUT2D eigenvalue weighted by Crippen LogP contribution is -2.46. The third kappa shape index (κ3) is 6.70. The molecule has 1 aromatic heterocycles. The fourth-order valence-electron chi connectivity index (χ4n) is 5.58. The van der Waals surface area contributed by atoms with Crippen LogP contribution in [-0.4, -0.2) is 42.0 Å². The molecule has 1 saturated heterocycles. The Bertz CT molecular complexity index is 1560. The summed E-state index contributed by atoms with van der Waals surface area (Å²) in [6, 6.07) is 28.5. The van der Waals surface area contributed by atoms with E-state index in [1.807, 2.05) is 42.5 Å². The summed E-state index contributed by atoms with van der Waals surface area (Å²) in [6.07, 6.45) is 1.75. The van der Waals surface area contributed by atoms with Gasteiger partial charge in [-0.05, 0) is 70.0 Å². The maximum absolute atomic E-state index is 13.6. The normalized spacial score (nSPS) is 13.8. The second-order valence-electron chi connectivity index (χ2n) is 11.6. The maximum Gasteiger partial charge on any atom is 0.256 e. The average Bonchev–Trinajstić information content (AvgIpc) is 3.01. The first kappa shape index (κ1) is 29.0. The second-order valence-corrected chi connectivity index (χ2v) is 11.6. The summed E-state index contributed by atoms with van der Waals surface area (Å²) in [5.74, 6) is 1.51. The first-order valence-corrected chi connectivity index (χ1v) is 14.8. The Balaban J connectivity index is 1.25. The Labute approximate surface area is 249 Å². The van der Waals surface area contributed by atoms with Crippen molar-refractivity contribution >= 4 is 17.4 Å². The highest BCUT2D eigenvalue weighted by Gasteiger charge is 2.20. The van der Waals surface area contributed by atoms with Gasteiger partial charge in [0.25, 0.3) is 5.91 Å². The van der Waals surface area contributed by atoms with E-state index in [4.69, 9.17) is 5.26 Å². The first-order valence-electron chi connectivity index (χ1n) is 14.8. The molecule has 42 heavy (non-hydrogen) atoms. The van der Waals surface area contributed by atoms with Crippen molar-refractivity contribution in [3.8, 4) is 17.2 Å². The molecule has 6 heteroatoms. The third-order valence-corrected chi connectivity index (χ3v) is 7.99. The Morgan fingerprint density at radius 2 is 1.64 bits per heavy atom. The minimum absolute atomic E-state index is 0.135. The summed E-state index contributed by atoms with van der Waals surface area (Å²) in [5.41, 5.74) is 7.69. The molecule has 0 bridgehead atoms. The summed E-state index contributed by atoms with van der Waals surface area (Å²) in [4.78, 5) is 23.0. The van der Waals surface area contributed by atoms with Gasteiger partial charge in [0, 0.05) is 38.3 Å². The minimum Gasteiger partial charge on any atom is -0.354 e. The number of aromatic nitrogens is 1. The summed E-state index contributed by atoms with van der Waals surface area (Å²) in [5, 5.41) is 12.3. The topological polar surface area (TPSA) is 72.3 Å². The minimum atomic E-state index is -0.135. The molecule has 0 aliphatic carbocycles. The van der Waals surface area contributed by atoms with Crippen molar-refractivity contribution in [2.24, 2.45) is 0 Å². The van der Waals surface area contributed by atoms with Crippen LogP contribution in [0.25, 0.3) is 11.1 Å². The van der Waals surface area contributed by atoms with Crippen molar-refractivity contribution in [3.63, 3.8) is 0 Å². The molecule has 0 saturated carbocycles. The quantitative estimate of drug-likeness (QED) is 0.244. The van der Waals surface area contributed by atoms with Crippen molar-refractivity contribution in [2.75, 3.05) is 36.4 Å². The van der Waals surface area contributed by atoms with Crippen LogP contribution in [0.5, 0.6) is 0 Å². The zero-order valence-electron chi connectivity index (χ0n) is 25.0. The van der Waals surface area contributed by atoms with E-state index in [1.54, 1.807) is 6.20 Å². The van der Waals surface area contributed by atoms with Crippen LogP contribution in [0.1, 0.15) is 72.1 Å². The Morgan fingerprint density at radius 3 is 2.29 bits per heavy atom. The van der Waals surface area contributed by atoms with E-state index >= 15 is 0 Å². The van der Waals surface area contributed by atoms with Gasteiger partial charge in [-0.15, -0.1) is 0 Å². The van der Waals surface area contributed by atoms with Crippen LogP contribution >= 0.6 is 0 Å². The van der Waals surface area contributed by atoms with Crippen LogP contribution in [-0.2, 0) is 6.54 Å². The lowest BCUT2D eigenvalue weighted by molar-refractivity contribution is 0.102. The molecule has 1 fully saturated rings. The average molecular weight is 558 g/mol. The number of pyridine rings is 1. The Hall–Kier alpha value is -4.47. The molecule has 2 heterocycles. The van der Waals surface area contributed by atoms with Gasteiger partial charge in [-0.3, -0.25) is 9.69 Å². The van der Waals surface area contributed by atoms with E-state index in [9.17, 15) is 4.79 Å². The van der Waals surface area contributed by atoms with Gasteiger partial charge in [0.15, 0.2) is 0 Å². The molecule has 0 atom stereocenters. The molecule has 1 amide bonds. The van der Waals surface area contributed by atoms with Crippen molar-refractivity contribution in [1.82, 2.24) is 9.88 Å². The highest BCUT2D eigenvalue weighted by molar-refractivity contribution is 6.09. The number of carbonyl (C=O) groups is 1. The van der Waals surface area contributed by atoms with Gasteiger partial charge in [-0.25, -0.2) is 4.98 Å². The summed E-state index contributed by atoms with van der Waals surface area (Å²) in [7, 11) is 0. The highest BCUT2D eigenvalue weighted by atomic mass is 16.1. The number of benzene rings is 3. The summed E-state index contributed by atoms with van der Waals surface area (Å²) >= 11 is 0. The second kappa shape index (κ2) is 13.0. The maximum atomic E-state index is 13.6. The fourth-order valence-corrected chi connectivity index (χ4v) is 5.58. The smallest absolute Gasteiger partial charge is 0.256 e. The molecule has 5 rings (SSSR count). The van der Waals surface area contributed by atoms with Crippen molar-refractivity contribution in [1.29, 1.82) is 5.26 Å². The number of piperazine rings is 1. The standard InChI is InChI=1S/C36H39N5O/c1-25(2)29-11-13-30(14-12-29)35-32(26(3)4)9-6-10-33(35)36(42)39-31-15-16-34(38-23-31)41-19-17-40(18-20-41)24-28-8-5-7-27(21-28)22-37/h5-16,21,23,25-26H,17-20,24H2,1-4H3,(H,39,42). The predicted molar refractivity (Wildman–Crippen MR) is 171 cm³/mol. The molecule has 6 nitrogen and oxygen atoms in total. The number of amides is 1. The van der Waals surface area contributed by atoms with E-state index in [0.29, 0.717) is 22.7 Å². The largest absolute Gasteiger partial charge is 0.354 e. The van der Waals surface area contributed by atoms with Gasteiger partial charge in [-0.1, -0.05) is 76.2 Å². The van der Waals surface area contributed by atoms with Gasteiger partial charge in [-0.2, -0.15) is 5.26 Å². The lowest BCUT2D eigenvalue weighted by Gasteiger charge is -2.35. The van der Waals surface area contributed by atoms with E-state index in [0.717, 1.165) is 60.8 Å². The van der Waals surface area contributed by atoms with Crippen molar-refractivity contribution in [2.45, 2.75) is 46.1 Å². The number of hydrogen-bond acceptors (Lipinski definition) is 5. The van der Waals surface area contributed by atoms with Crippen LogP contribution in [0.15, 0.2) is 85.1 Å². The van der Waals surface area contributed by atoms with Crippen LogP contribution in [0.4, 0.5) is 11.5 Å². The molecule has 0 unspecified atom stereocenters. The molecule has 0 spiro atoms. The Morgan fingerprint density at radius 1 is 0.905 bits per heavy atom. The SMILES string of the molecule is CC(C)c1ccc(-c2c(C(=O)Nc3ccc(N4CCN(Cc5cccc(C#N)c5)CC4)nc3)cccc2C(C)C)cc1. The number of nitriles is 1. The predicted octanol–water partition coefficient (Wildman–Crippen LogP) is 7.44. The zero-order chi connectivity index (χ0) is 29.6. The van der Waals surface area contributed by atoms with Crippen LogP contribution in [0.2, 0.25) is 0 Å². The Kier molecular flexibility index (Phi) is 9.00. The third-order valence-electron chi connectivity index (χ3n) is 7.99. The molecule has 0 radical (unpaired) electrons. The van der Waals surface area contributed by atoms with Crippen LogP contribution in [0.3, 0.4) is 0 Å². The molecule has 1 aliphatic heterocycles. The molecular weight excluding hydrogens is 518 g/mol. The van der Waals surface area contributed by atoms with Crippen LogP contribution < -0.4 is 10.2 Å². The molecule has 3 aromatic carbocycles. The van der Waals surface area contributed by atoms with Crippen LogP contribution in [0, 0.1) is 11.3 Å². The van der Waals surface area contributed by atoms with E-state index < -0.39 is 0 Å².